The first-order valence-corrected chi connectivity index (χ1v) is 4.70. The number of benzene rings is 1. The van der Waals surface area contributed by atoms with Crippen LogP contribution in [0.1, 0.15) is 11.6 Å². The van der Waals surface area contributed by atoms with Crippen LogP contribution in [0.5, 0.6) is 5.75 Å². The molecule has 0 spiro atoms. The van der Waals surface area contributed by atoms with Gasteiger partial charge in [-0.1, -0.05) is 22.0 Å². The Bertz CT molecular complexity index is 312. The van der Waals surface area contributed by atoms with Gasteiger partial charge in [0.2, 0.25) is 0 Å². The van der Waals surface area contributed by atoms with Gasteiger partial charge in [-0.25, -0.2) is 0 Å². The predicted octanol–water partition coefficient (Wildman–Crippen LogP) is 2.64. The SMILES string of the molecule is C=C[C@H](N)c1cc(OC)ccc1Br. The minimum Gasteiger partial charge on any atom is -0.497 e. The molecule has 0 bridgehead atoms. The fourth-order valence-corrected chi connectivity index (χ4v) is 1.54. The van der Waals surface area contributed by atoms with E-state index in [1.54, 1.807) is 13.2 Å². The zero-order chi connectivity index (χ0) is 9.84. The fraction of sp³-hybridized carbons (Fsp3) is 0.200. The highest BCUT2D eigenvalue weighted by Gasteiger charge is 2.07. The Labute approximate surface area is 86.5 Å². The van der Waals surface area contributed by atoms with E-state index in [-0.39, 0.29) is 6.04 Å². The molecular formula is C10H12BrNO. The van der Waals surface area contributed by atoms with Gasteiger partial charge >= 0.3 is 0 Å². The molecule has 0 heterocycles. The molecule has 1 aromatic carbocycles. The van der Waals surface area contributed by atoms with Crippen molar-refractivity contribution in [3.63, 3.8) is 0 Å². The van der Waals surface area contributed by atoms with Crippen LogP contribution in [-0.4, -0.2) is 7.11 Å². The van der Waals surface area contributed by atoms with E-state index in [0.717, 1.165) is 15.8 Å². The quantitative estimate of drug-likeness (QED) is 0.827. The van der Waals surface area contributed by atoms with Gasteiger partial charge in [-0.3, -0.25) is 0 Å². The van der Waals surface area contributed by atoms with Gasteiger partial charge in [0.1, 0.15) is 5.75 Å². The molecule has 0 amide bonds. The van der Waals surface area contributed by atoms with Crippen molar-refractivity contribution in [3.05, 3.63) is 40.9 Å². The molecule has 0 saturated heterocycles. The molecule has 0 aliphatic rings. The lowest BCUT2D eigenvalue weighted by Gasteiger charge is -2.10. The second-order valence-corrected chi connectivity index (χ2v) is 3.50. The Morgan fingerprint density at radius 1 is 1.62 bits per heavy atom. The minimum atomic E-state index is -0.163. The molecule has 0 radical (unpaired) electrons. The standard InChI is InChI=1S/C10H12BrNO/c1-3-10(12)8-6-7(13-2)4-5-9(8)11/h3-6,10H,1,12H2,2H3/t10-/m0/s1. The van der Waals surface area contributed by atoms with Crippen molar-refractivity contribution in [1.29, 1.82) is 0 Å². The summed E-state index contributed by atoms with van der Waals surface area (Å²) >= 11 is 3.42. The van der Waals surface area contributed by atoms with Gasteiger partial charge in [0, 0.05) is 10.5 Å². The average molecular weight is 242 g/mol. The van der Waals surface area contributed by atoms with Gasteiger partial charge in [-0.15, -0.1) is 6.58 Å². The Hall–Kier alpha value is -0.800. The third-order valence-corrected chi connectivity index (χ3v) is 2.54. The lowest BCUT2D eigenvalue weighted by molar-refractivity contribution is 0.414. The van der Waals surface area contributed by atoms with E-state index in [1.165, 1.54) is 0 Å². The van der Waals surface area contributed by atoms with Gasteiger partial charge < -0.3 is 10.5 Å². The number of methoxy groups -OCH3 is 1. The average Bonchev–Trinajstić information content (AvgIpc) is 2.17. The molecule has 0 aliphatic heterocycles. The molecule has 0 aromatic heterocycles. The summed E-state index contributed by atoms with van der Waals surface area (Å²) in [7, 11) is 1.63. The Morgan fingerprint density at radius 2 is 2.31 bits per heavy atom. The molecule has 3 heteroatoms. The number of rotatable bonds is 3. The summed E-state index contributed by atoms with van der Waals surface area (Å²) in [5.74, 6) is 0.801. The van der Waals surface area contributed by atoms with Crippen LogP contribution in [0.3, 0.4) is 0 Å². The van der Waals surface area contributed by atoms with Crippen molar-refractivity contribution in [2.45, 2.75) is 6.04 Å². The molecular weight excluding hydrogens is 230 g/mol. The van der Waals surface area contributed by atoms with E-state index in [0.29, 0.717) is 0 Å². The van der Waals surface area contributed by atoms with Crippen LogP contribution in [-0.2, 0) is 0 Å². The first-order chi connectivity index (χ1) is 6.19. The molecule has 0 fully saturated rings. The van der Waals surface area contributed by atoms with Crippen LogP contribution in [0.2, 0.25) is 0 Å². The van der Waals surface area contributed by atoms with Crippen molar-refractivity contribution in [3.8, 4) is 5.75 Å². The second kappa shape index (κ2) is 4.44. The second-order valence-electron chi connectivity index (χ2n) is 2.65. The first kappa shape index (κ1) is 10.3. The van der Waals surface area contributed by atoms with Gasteiger partial charge in [0.05, 0.1) is 7.11 Å². The third-order valence-electron chi connectivity index (χ3n) is 1.82. The van der Waals surface area contributed by atoms with E-state index in [1.807, 2.05) is 18.2 Å². The van der Waals surface area contributed by atoms with Crippen molar-refractivity contribution in [2.24, 2.45) is 5.73 Å². The number of hydrogen-bond donors (Lipinski definition) is 1. The van der Waals surface area contributed by atoms with Crippen LogP contribution in [0.25, 0.3) is 0 Å². The maximum atomic E-state index is 5.82. The van der Waals surface area contributed by atoms with Crippen LogP contribution >= 0.6 is 15.9 Å². The highest BCUT2D eigenvalue weighted by molar-refractivity contribution is 9.10. The summed E-state index contributed by atoms with van der Waals surface area (Å²) in [6.07, 6.45) is 1.69. The van der Waals surface area contributed by atoms with Gasteiger partial charge in [-0.05, 0) is 23.8 Å². The largest absolute Gasteiger partial charge is 0.497 e. The van der Waals surface area contributed by atoms with E-state index in [4.69, 9.17) is 10.5 Å². The molecule has 0 aliphatic carbocycles. The number of hydrogen-bond acceptors (Lipinski definition) is 2. The summed E-state index contributed by atoms with van der Waals surface area (Å²) < 4.78 is 6.07. The van der Waals surface area contributed by atoms with Gasteiger partial charge in [-0.2, -0.15) is 0 Å². The smallest absolute Gasteiger partial charge is 0.119 e. The molecule has 70 valence electrons. The summed E-state index contributed by atoms with van der Waals surface area (Å²) in [6, 6.07) is 5.53. The normalized spacial score (nSPS) is 12.2. The summed E-state index contributed by atoms with van der Waals surface area (Å²) in [4.78, 5) is 0. The maximum Gasteiger partial charge on any atom is 0.119 e. The monoisotopic (exact) mass is 241 g/mol. The first-order valence-electron chi connectivity index (χ1n) is 3.90. The number of nitrogens with two attached hydrogens (primary N) is 1. The minimum absolute atomic E-state index is 0.163. The Kier molecular flexibility index (Phi) is 3.51. The molecule has 1 aromatic rings. The topological polar surface area (TPSA) is 35.2 Å². The van der Waals surface area contributed by atoms with Crippen molar-refractivity contribution >= 4 is 15.9 Å². The zero-order valence-corrected chi connectivity index (χ0v) is 9.04. The molecule has 2 N–H and O–H groups in total. The van der Waals surface area contributed by atoms with Crippen molar-refractivity contribution in [2.75, 3.05) is 7.11 Å². The van der Waals surface area contributed by atoms with Crippen LogP contribution in [0, 0.1) is 0 Å². The molecule has 0 unspecified atom stereocenters. The summed E-state index contributed by atoms with van der Waals surface area (Å²) in [6.45, 7) is 3.65. The molecule has 0 saturated carbocycles. The summed E-state index contributed by atoms with van der Waals surface area (Å²) in [5.41, 5.74) is 6.80. The van der Waals surface area contributed by atoms with E-state index in [2.05, 4.69) is 22.5 Å². The van der Waals surface area contributed by atoms with Gasteiger partial charge in [0.25, 0.3) is 0 Å². The van der Waals surface area contributed by atoms with E-state index >= 15 is 0 Å². The lowest BCUT2D eigenvalue weighted by Crippen LogP contribution is -2.07. The van der Waals surface area contributed by atoms with E-state index < -0.39 is 0 Å². The van der Waals surface area contributed by atoms with Crippen LogP contribution in [0.15, 0.2) is 35.3 Å². The van der Waals surface area contributed by atoms with Crippen molar-refractivity contribution < 1.29 is 4.74 Å². The van der Waals surface area contributed by atoms with Crippen LogP contribution < -0.4 is 10.5 Å². The Morgan fingerprint density at radius 3 is 2.85 bits per heavy atom. The lowest BCUT2D eigenvalue weighted by atomic mass is 10.1. The fourth-order valence-electron chi connectivity index (χ4n) is 1.03. The van der Waals surface area contributed by atoms with Crippen LogP contribution in [0.4, 0.5) is 0 Å². The van der Waals surface area contributed by atoms with Crippen molar-refractivity contribution in [1.82, 2.24) is 0 Å². The molecule has 1 atom stereocenters. The predicted molar refractivity (Wildman–Crippen MR) is 57.8 cm³/mol. The highest BCUT2D eigenvalue weighted by Crippen LogP contribution is 2.26. The number of ether oxygens (including phenoxy) is 1. The van der Waals surface area contributed by atoms with Gasteiger partial charge in [0.15, 0.2) is 0 Å². The highest BCUT2D eigenvalue weighted by atomic mass is 79.9. The molecule has 2 nitrogen and oxygen atoms in total. The molecule has 1 rings (SSSR count). The summed E-state index contributed by atoms with van der Waals surface area (Å²) in [5, 5.41) is 0. The Balaban J connectivity index is 3.10. The molecule has 13 heavy (non-hydrogen) atoms. The zero-order valence-electron chi connectivity index (χ0n) is 7.46. The number of halogens is 1. The maximum absolute atomic E-state index is 5.82. The van der Waals surface area contributed by atoms with E-state index in [9.17, 15) is 0 Å². The third kappa shape index (κ3) is 2.32.